The number of hydrogen-bond acceptors (Lipinski definition) is 0. The van der Waals surface area contributed by atoms with Gasteiger partial charge in [-0.25, -0.2) is 0 Å². The second-order valence-corrected chi connectivity index (χ2v) is 8.02. The first-order valence-corrected chi connectivity index (χ1v) is 9.91. The van der Waals surface area contributed by atoms with Crippen LogP contribution in [0.1, 0.15) is 99.8 Å². The van der Waals surface area contributed by atoms with E-state index in [1.165, 1.54) is 62.5 Å². The van der Waals surface area contributed by atoms with Crippen LogP contribution in [0.5, 0.6) is 0 Å². The second kappa shape index (κ2) is 14.3. The van der Waals surface area contributed by atoms with Crippen LogP contribution < -0.4 is 0 Å². The van der Waals surface area contributed by atoms with Gasteiger partial charge in [-0.3, -0.25) is 0 Å². The lowest BCUT2D eigenvalue weighted by molar-refractivity contribution is 0.583. The van der Waals surface area contributed by atoms with Gasteiger partial charge < -0.3 is 0 Å². The maximum atomic E-state index is 2.44. The highest BCUT2D eigenvalue weighted by atomic mass is 14.0. The summed E-state index contributed by atoms with van der Waals surface area (Å²) in [6.45, 7) is 15.8. The molecule has 0 fully saturated rings. The number of unbranched alkanes of at least 4 members (excludes halogenated alkanes) is 1. The van der Waals surface area contributed by atoms with E-state index in [-0.39, 0.29) is 0 Å². The molecule has 0 atom stereocenters. The van der Waals surface area contributed by atoms with Crippen LogP contribution in [0.15, 0.2) is 46.6 Å². The molecule has 0 N–H and O–H groups in total. The summed E-state index contributed by atoms with van der Waals surface area (Å²) >= 11 is 0. The van der Waals surface area contributed by atoms with E-state index in [1.54, 1.807) is 11.1 Å². The summed E-state index contributed by atoms with van der Waals surface area (Å²) in [4.78, 5) is 0. The van der Waals surface area contributed by atoms with Crippen molar-refractivity contribution in [3.63, 3.8) is 0 Å². The van der Waals surface area contributed by atoms with Crippen LogP contribution in [-0.2, 0) is 0 Å². The molecule has 0 aromatic rings. The van der Waals surface area contributed by atoms with Gasteiger partial charge in [0, 0.05) is 0 Å². The first kappa shape index (κ1) is 23.0. The molecule has 24 heavy (non-hydrogen) atoms. The van der Waals surface area contributed by atoms with Gasteiger partial charge in [-0.15, -0.1) is 0 Å². The third-order valence-corrected chi connectivity index (χ3v) is 4.39. The van der Waals surface area contributed by atoms with Gasteiger partial charge in [0.05, 0.1) is 0 Å². The fraction of sp³-hybridized carbons (Fsp3) is 0.667. The molecule has 138 valence electrons. The van der Waals surface area contributed by atoms with Gasteiger partial charge in [-0.05, 0) is 91.9 Å². The lowest BCUT2D eigenvalue weighted by atomic mass is 10.0. The van der Waals surface area contributed by atoms with Crippen LogP contribution >= 0.6 is 0 Å². The van der Waals surface area contributed by atoms with E-state index < -0.39 is 0 Å². The molecular formula is C24H42. The van der Waals surface area contributed by atoms with Crippen molar-refractivity contribution < 1.29 is 0 Å². The summed E-state index contributed by atoms with van der Waals surface area (Å²) in [7, 11) is 0. The Morgan fingerprint density at radius 3 is 1.46 bits per heavy atom. The first-order valence-electron chi connectivity index (χ1n) is 9.91. The Labute approximate surface area is 152 Å². The molecule has 0 rings (SSSR count). The second-order valence-electron chi connectivity index (χ2n) is 8.02. The minimum absolute atomic E-state index is 0.813. The largest absolute Gasteiger partial charge is 0.0856 e. The van der Waals surface area contributed by atoms with Crippen molar-refractivity contribution in [2.45, 2.75) is 99.8 Å². The minimum Gasteiger partial charge on any atom is -0.0856 e. The molecule has 0 spiro atoms. The molecule has 0 heteroatoms. The Morgan fingerprint density at radius 1 is 0.583 bits per heavy atom. The van der Waals surface area contributed by atoms with Crippen molar-refractivity contribution in [2.75, 3.05) is 0 Å². The number of rotatable bonds is 12. The maximum absolute atomic E-state index is 2.44. The zero-order valence-electron chi connectivity index (χ0n) is 17.5. The molecule has 0 amide bonds. The van der Waals surface area contributed by atoms with E-state index in [4.69, 9.17) is 0 Å². The Bertz CT molecular complexity index is 437. The van der Waals surface area contributed by atoms with E-state index in [1.807, 2.05) is 0 Å². The molecule has 0 bridgehead atoms. The molecule has 0 aliphatic heterocycles. The van der Waals surface area contributed by atoms with Gasteiger partial charge >= 0.3 is 0 Å². The molecule has 0 aliphatic rings. The van der Waals surface area contributed by atoms with Gasteiger partial charge in [0.2, 0.25) is 0 Å². The minimum atomic E-state index is 0.813. The number of hydrogen-bond donors (Lipinski definition) is 0. The van der Waals surface area contributed by atoms with Crippen molar-refractivity contribution in [3.8, 4) is 0 Å². The predicted molar refractivity (Wildman–Crippen MR) is 112 cm³/mol. The Balaban J connectivity index is 3.94. The average molecular weight is 331 g/mol. The van der Waals surface area contributed by atoms with E-state index in [0.717, 1.165) is 5.92 Å². The van der Waals surface area contributed by atoms with Gasteiger partial charge in [0.1, 0.15) is 0 Å². The van der Waals surface area contributed by atoms with Crippen molar-refractivity contribution >= 4 is 0 Å². The van der Waals surface area contributed by atoms with Crippen LogP contribution in [0.2, 0.25) is 0 Å². The lowest BCUT2D eigenvalue weighted by Crippen LogP contribution is -1.88. The van der Waals surface area contributed by atoms with Gasteiger partial charge in [0.15, 0.2) is 0 Å². The standard InChI is InChI=1S/C24H42/c1-20(2)12-10-15-22(5)13-8-9-14-23(6)16-11-17-24(7)19-18-21(3)4/h12-14,17,21H,8-11,15-16,18-19H2,1-7H3/b22-13+,23-14+,24-17+. The van der Waals surface area contributed by atoms with E-state index in [2.05, 4.69) is 72.8 Å². The Morgan fingerprint density at radius 2 is 1.00 bits per heavy atom. The third kappa shape index (κ3) is 15.8. The highest BCUT2D eigenvalue weighted by Crippen LogP contribution is 2.14. The lowest BCUT2D eigenvalue weighted by Gasteiger charge is -2.05. The van der Waals surface area contributed by atoms with Crippen LogP contribution in [0.25, 0.3) is 0 Å². The van der Waals surface area contributed by atoms with Crippen molar-refractivity contribution in [2.24, 2.45) is 5.92 Å². The fourth-order valence-electron chi connectivity index (χ4n) is 2.62. The monoisotopic (exact) mass is 330 g/mol. The summed E-state index contributed by atoms with van der Waals surface area (Å²) in [6.07, 6.45) is 19.3. The molecule has 0 aromatic heterocycles. The summed E-state index contributed by atoms with van der Waals surface area (Å²) in [5.41, 5.74) is 6.06. The quantitative estimate of drug-likeness (QED) is 0.248. The highest BCUT2D eigenvalue weighted by Gasteiger charge is 1.96. The Kier molecular flexibility index (Phi) is 13.7. The molecule has 0 saturated carbocycles. The van der Waals surface area contributed by atoms with E-state index >= 15 is 0 Å². The molecule has 0 unspecified atom stereocenters. The topological polar surface area (TPSA) is 0 Å². The normalized spacial score (nSPS) is 13.6. The van der Waals surface area contributed by atoms with E-state index in [0.29, 0.717) is 0 Å². The Hall–Kier alpha value is -1.04. The molecule has 0 aliphatic carbocycles. The third-order valence-electron chi connectivity index (χ3n) is 4.39. The maximum Gasteiger partial charge on any atom is -0.0288 e. The first-order chi connectivity index (χ1) is 11.3. The molecule has 0 saturated heterocycles. The number of allylic oxidation sites excluding steroid dienone is 8. The van der Waals surface area contributed by atoms with Gasteiger partial charge in [0.25, 0.3) is 0 Å². The molecular weight excluding hydrogens is 288 g/mol. The molecule has 0 aromatic carbocycles. The summed E-state index contributed by atoms with van der Waals surface area (Å²) in [6, 6.07) is 0. The van der Waals surface area contributed by atoms with Crippen LogP contribution in [0.3, 0.4) is 0 Å². The van der Waals surface area contributed by atoms with E-state index in [9.17, 15) is 0 Å². The van der Waals surface area contributed by atoms with Crippen molar-refractivity contribution in [1.82, 2.24) is 0 Å². The van der Waals surface area contributed by atoms with Gasteiger partial charge in [-0.1, -0.05) is 60.4 Å². The van der Waals surface area contributed by atoms with Crippen molar-refractivity contribution in [1.29, 1.82) is 0 Å². The van der Waals surface area contributed by atoms with Crippen LogP contribution in [0, 0.1) is 5.92 Å². The SMILES string of the molecule is CC(C)=CCC/C(C)=C/CC/C=C(\C)CC/C=C(\C)CCC(C)C. The summed E-state index contributed by atoms with van der Waals surface area (Å²) < 4.78 is 0. The van der Waals surface area contributed by atoms with Crippen LogP contribution in [0.4, 0.5) is 0 Å². The highest BCUT2D eigenvalue weighted by molar-refractivity contribution is 5.06. The zero-order valence-corrected chi connectivity index (χ0v) is 17.5. The van der Waals surface area contributed by atoms with Gasteiger partial charge in [-0.2, -0.15) is 0 Å². The fourth-order valence-corrected chi connectivity index (χ4v) is 2.62. The summed E-state index contributed by atoms with van der Waals surface area (Å²) in [5.74, 6) is 0.813. The van der Waals surface area contributed by atoms with Crippen LogP contribution in [-0.4, -0.2) is 0 Å². The zero-order chi connectivity index (χ0) is 18.4. The molecule has 0 radical (unpaired) electrons. The molecule has 0 heterocycles. The molecule has 0 nitrogen and oxygen atoms in total. The smallest absolute Gasteiger partial charge is 0.0288 e. The predicted octanol–water partition coefficient (Wildman–Crippen LogP) is 8.57. The average Bonchev–Trinajstić information content (AvgIpc) is 2.49. The summed E-state index contributed by atoms with van der Waals surface area (Å²) in [5, 5.41) is 0. The van der Waals surface area contributed by atoms with Crippen molar-refractivity contribution in [3.05, 3.63) is 46.6 Å².